The molecule has 2 heterocycles. The van der Waals surface area contributed by atoms with E-state index in [1.54, 1.807) is 6.08 Å². The van der Waals surface area contributed by atoms with Crippen LogP contribution in [0.3, 0.4) is 0 Å². The monoisotopic (exact) mass is 503 g/mol. The molecule has 9 heteroatoms. The summed E-state index contributed by atoms with van der Waals surface area (Å²) in [5.74, 6) is 0.106. The van der Waals surface area contributed by atoms with E-state index in [1.165, 1.54) is 39.9 Å². The third-order valence-corrected chi connectivity index (χ3v) is 9.39. The molecule has 1 aliphatic rings. The van der Waals surface area contributed by atoms with Crippen LogP contribution < -0.4 is 4.80 Å². The maximum Gasteiger partial charge on any atom is 0.279 e. The number of aryl methyl sites for hydroxylation is 1. The van der Waals surface area contributed by atoms with Crippen LogP contribution in [0.1, 0.15) is 35.7 Å². The summed E-state index contributed by atoms with van der Waals surface area (Å²) in [6.07, 6.45) is 3.47. The molecule has 1 aromatic heterocycles. The first kappa shape index (κ1) is 23.9. The van der Waals surface area contributed by atoms with Crippen LogP contribution in [0.2, 0.25) is 5.02 Å². The molecular formula is C24H26ClN3O3S2. The van der Waals surface area contributed by atoms with Crippen LogP contribution in [0.25, 0.3) is 10.2 Å². The number of aromatic nitrogens is 1. The molecule has 0 bridgehead atoms. The molecule has 2 aromatic carbocycles. The lowest BCUT2D eigenvalue weighted by Gasteiger charge is -2.29. The molecule has 0 radical (unpaired) electrons. The van der Waals surface area contributed by atoms with Gasteiger partial charge in [-0.1, -0.05) is 35.9 Å². The molecule has 0 aliphatic carbocycles. The lowest BCUT2D eigenvalue weighted by atomic mass is 10.0. The summed E-state index contributed by atoms with van der Waals surface area (Å²) in [6.45, 7) is 9.42. The van der Waals surface area contributed by atoms with Gasteiger partial charge < -0.3 is 4.57 Å². The minimum absolute atomic E-state index is 0.197. The van der Waals surface area contributed by atoms with Crippen molar-refractivity contribution in [3.63, 3.8) is 0 Å². The number of amides is 1. The number of halogens is 1. The summed E-state index contributed by atoms with van der Waals surface area (Å²) in [6, 6.07) is 9.78. The summed E-state index contributed by atoms with van der Waals surface area (Å²) >= 11 is 7.70. The number of benzene rings is 2. The van der Waals surface area contributed by atoms with Crippen LogP contribution >= 0.6 is 22.9 Å². The number of hydrogen-bond donors (Lipinski definition) is 0. The molecule has 174 valence electrons. The second-order valence-electron chi connectivity index (χ2n) is 8.33. The third kappa shape index (κ3) is 4.71. The van der Waals surface area contributed by atoms with Gasteiger partial charge >= 0.3 is 0 Å². The summed E-state index contributed by atoms with van der Waals surface area (Å²) in [4.78, 5) is 18.0. The molecule has 6 nitrogen and oxygen atoms in total. The highest BCUT2D eigenvalue weighted by atomic mass is 35.5. The average Bonchev–Trinajstić information content (AvgIpc) is 3.14. The first-order valence-electron chi connectivity index (χ1n) is 10.8. The second kappa shape index (κ2) is 9.54. The molecule has 33 heavy (non-hydrogen) atoms. The molecule has 1 saturated heterocycles. The number of allylic oxidation sites excluding steroid dienone is 1. The van der Waals surface area contributed by atoms with Crippen molar-refractivity contribution in [1.29, 1.82) is 0 Å². The molecule has 0 unspecified atom stereocenters. The van der Waals surface area contributed by atoms with Crippen LogP contribution in [-0.2, 0) is 16.6 Å². The number of carbonyl (C=O) groups is 1. The Morgan fingerprint density at radius 3 is 2.52 bits per heavy atom. The molecule has 4 rings (SSSR count). The van der Waals surface area contributed by atoms with Gasteiger partial charge in [0.1, 0.15) is 0 Å². The summed E-state index contributed by atoms with van der Waals surface area (Å²) in [7, 11) is -3.56. The fraction of sp³-hybridized carbons (Fsp3) is 0.333. The van der Waals surface area contributed by atoms with Crippen molar-refractivity contribution in [2.75, 3.05) is 13.1 Å². The molecular weight excluding hydrogens is 478 g/mol. The van der Waals surface area contributed by atoms with Crippen molar-refractivity contribution in [2.45, 2.75) is 38.1 Å². The number of fused-ring (bicyclic) bond motifs is 1. The predicted octanol–water partition coefficient (Wildman–Crippen LogP) is 5.01. The van der Waals surface area contributed by atoms with Gasteiger partial charge in [0.25, 0.3) is 5.91 Å². The van der Waals surface area contributed by atoms with E-state index >= 15 is 0 Å². The molecule has 1 amide bonds. The Hall–Kier alpha value is -2.26. The topological polar surface area (TPSA) is 71.7 Å². The Morgan fingerprint density at radius 1 is 1.21 bits per heavy atom. The van der Waals surface area contributed by atoms with Gasteiger partial charge in [-0.15, -0.1) is 6.58 Å². The minimum Gasteiger partial charge on any atom is -0.312 e. The van der Waals surface area contributed by atoms with E-state index in [-0.39, 0.29) is 4.90 Å². The average molecular weight is 504 g/mol. The van der Waals surface area contributed by atoms with Crippen molar-refractivity contribution < 1.29 is 13.2 Å². The van der Waals surface area contributed by atoms with E-state index < -0.39 is 15.9 Å². The number of hydrogen-bond acceptors (Lipinski definition) is 4. The first-order chi connectivity index (χ1) is 15.7. The number of sulfonamides is 1. The zero-order valence-electron chi connectivity index (χ0n) is 18.6. The third-order valence-electron chi connectivity index (χ3n) is 6.02. The number of piperidine rings is 1. The van der Waals surface area contributed by atoms with Gasteiger partial charge in [0.05, 0.1) is 15.1 Å². The predicted molar refractivity (Wildman–Crippen MR) is 133 cm³/mol. The lowest BCUT2D eigenvalue weighted by molar-refractivity contribution is 0.0997. The molecule has 1 aliphatic heterocycles. The van der Waals surface area contributed by atoms with Crippen molar-refractivity contribution in [1.82, 2.24) is 8.87 Å². The van der Waals surface area contributed by atoms with Crippen molar-refractivity contribution in [3.8, 4) is 0 Å². The Labute approximate surface area is 202 Å². The Balaban J connectivity index is 1.66. The zero-order valence-corrected chi connectivity index (χ0v) is 21.0. The molecule has 1 fully saturated rings. The molecule has 3 aromatic rings. The van der Waals surface area contributed by atoms with Gasteiger partial charge in [-0.2, -0.15) is 9.30 Å². The fourth-order valence-corrected chi connectivity index (χ4v) is 6.71. The number of rotatable bonds is 5. The minimum atomic E-state index is -3.56. The highest BCUT2D eigenvalue weighted by molar-refractivity contribution is 7.89. The standard InChI is InChI=1S/C24H26ClN3O3S2/c1-4-13-28-22-17(3)20(25)9-10-21(22)32-24(28)26-23(29)18-5-7-19(8-6-18)33(30,31)27-14-11-16(2)12-15-27/h4-10,16H,1,11-15H2,2-3H3. The van der Waals surface area contributed by atoms with Gasteiger partial charge in [0.2, 0.25) is 10.0 Å². The molecule has 0 spiro atoms. The summed E-state index contributed by atoms with van der Waals surface area (Å²) in [5, 5.41) is 0.649. The Kier molecular flexibility index (Phi) is 6.91. The smallest absolute Gasteiger partial charge is 0.279 e. The largest absolute Gasteiger partial charge is 0.312 e. The normalized spacial score (nSPS) is 16.4. The fourth-order valence-electron chi connectivity index (χ4n) is 3.99. The first-order valence-corrected chi connectivity index (χ1v) is 13.4. The van der Waals surface area contributed by atoms with Gasteiger partial charge in [-0.25, -0.2) is 8.42 Å². The number of carbonyl (C=O) groups excluding carboxylic acids is 1. The van der Waals surface area contributed by atoms with Gasteiger partial charge in [0, 0.05) is 30.2 Å². The zero-order chi connectivity index (χ0) is 23.8. The van der Waals surface area contributed by atoms with Crippen molar-refractivity contribution in [2.24, 2.45) is 10.9 Å². The van der Waals surface area contributed by atoms with Crippen LogP contribution in [-0.4, -0.2) is 36.3 Å². The Morgan fingerprint density at radius 2 is 1.88 bits per heavy atom. The van der Waals surface area contributed by atoms with E-state index in [1.807, 2.05) is 23.6 Å². The Bertz CT molecular complexity index is 1380. The maximum atomic E-state index is 12.9. The molecule has 0 saturated carbocycles. The highest BCUT2D eigenvalue weighted by Crippen LogP contribution is 2.27. The second-order valence-corrected chi connectivity index (χ2v) is 11.7. The quantitative estimate of drug-likeness (QED) is 0.459. The molecule has 0 N–H and O–H groups in total. The number of thiazole rings is 1. The van der Waals surface area contributed by atoms with Crippen molar-refractivity contribution in [3.05, 3.63) is 70.0 Å². The van der Waals surface area contributed by atoms with E-state index in [4.69, 9.17) is 11.6 Å². The maximum absolute atomic E-state index is 12.9. The van der Waals surface area contributed by atoms with E-state index in [0.717, 1.165) is 28.6 Å². The van der Waals surface area contributed by atoms with Crippen LogP contribution in [0.5, 0.6) is 0 Å². The van der Waals surface area contributed by atoms with Gasteiger partial charge in [-0.05, 0) is 67.6 Å². The van der Waals surface area contributed by atoms with Crippen LogP contribution in [0.15, 0.2) is 58.9 Å². The lowest BCUT2D eigenvalue weighted by Crippen LogP contribution is -2.37. The van der Waals surface area contributed by atoms with Crippen molar-refractivity contribution >= 4 is 49.1 Å². The SMILES string of the molecule is C=CCn1c(=NC(=O)c2ccc(S(=O)(=O)N3CCC(C)CC3)cc2)sc2ccc(Cl)c(C)c21. The van der Waals surface area contributed by atoms with E-state index in [0.29, 0.717) is 40.9 Å². The number of nitrogens with zero attached hydrogens (tertiary/aromatic N) is 3. The summed E-state index contributed by atoms with van der Waals surface area (Å²) in [5.41, 5.74) is 2.18. The van der Waals surface area contributed by atoms with E-state index in [9.17, 15) is 13.2 Å². The van der Waals surface area contributed by atoms with Crippen LogP contribution in [0, 0.1) is 12.8 Å². The van der Waals surface area contributed by atoms with Crippen LogP contribution in [0.4, 0.5) is 0 Å². The van der Waals surface area contributed by atoms with E-state index in [2.05, 4.69) is 18.5 Å². The summed E-state index contributed by atoms with van der Waals surface area (Å²) < 4.78 is 30.3. The highest BCUT2D eigenvalue weighted by Gasteiger charge is 2.28. The van der Waals surface area contributed by atoms with Gasteiger partial charge in [-0.3, -0.25) is 4.79 Å². The molecule has 0 atom stereocenters. The van der Waals surface area contributed by atoms with Gasteiger partial charge in [0.15, 0.2) is 4.80 Å².